The van der Waals surface area contributed by atoms with Crippen LogP contribution in [0.2, 0.25) is 0 Å². The number of nitrogens with zero attached hydrogens (tertiary/aromatic N) is 1. The van der Waals surface area contributed by atoms with E-state index in [-0.39, 0.29) is 6.61 Å². The molecule has 0 aromatic heterocycles. The maximum absolute atomic E-state index is 8.57. The molecule has 0 bridgehead atoms. The highest BCUT2D eigenvalue weighted by Gasteiger charge is 1.96. The summed E-state index contributed by atoms with van der Waals surface area (Å²) in [6, 6.07) is 6.16. The Balaban J connectivity index is 2.87. The summed E-state index contributed by atoms with van der Waals surface area (Å²) in [5.74, 6) is 0. The predicted octanol–water partition coefficient (Wildman–Crippen LogP) is 1.71. The summed E-state index contributed by atoms with van der Waals surface area (Å²) in [4.78, 5) is 4.11. The highest BCUT2D eigenvalue weighted by Crippen LogP contribution is 2.10. The van der Waals surface area contributed by atoms with Crippen molar-refractivity contribution in [3.8, 4) is 0 Å². The van der Waals surface area contributed by atoms with E-state index in [2.05, 4.69) is 31.0 Å². The normalized spacial score (nSPS) is 11.0. The van der Waals surface area contributed by atoms with Gasteiger partial charge in [-0.2, -0.15) is 0 Å². The van der Waals surface area contributed by atoms with Crippen LogP contribution in [-0.4, -0.2) is 24.5 Å². The van der Waals surface area contributed by atoms with Crippen LogP contribution < -0.4 is 0 Å². The second kappa shape index (κ2) is 4.77. The van der Waals surface area contributed by atoms with E-state index in [1.165, 1.54) is 11.1 Å². The fourth-order valence-electron chi connectivity index (χ4n) is 1.24. The van der Waals surface area contributed by atoms with Gasteiger partial charge in [0.15, 0.2) is 0 Å². The van der Waals surface area contributed by atoms with Gasteiger partial charge >= 0.3 is 0 Å². The largest absolute Gasteiger partial charge is 0.394 e. The first-order valence-corrected chi connectivity index (χ1v) is 4.42. The van der Waals surface area contributed by atoms with Crippen LogP contribution in [0.15, 0.2) is 23.2 Å². The van der Waals surface area contributed by atoms with Crippen LogP contribution in [0, 0.1) is 13.8 Å². The van der Waals surface area contributed by atoms with E-state index < -0.39 is 0 Å². The zero-order valence-electron chi connectivity index (χ0n) is 8.12. The lowest BCUT2D eigenvalue weighted by Gasteiger charge is -2.02. The molecule has 13 heavy (non-hydrogen) atoms. The highest BCUT2D eigenvalue weighted by molar-refractivity contribution is 5.83. The molecule has 1 aromatic rings. The molecule has 1 rings (SSSR count). The molecule has 0 saturated heterocycles. The van der Waals surface area contributed by atoms with Crippen molar-refractivity contribution in [2.45, 2.75) is 13.8 Å². The lowest BCUT2D eigenvalue weighted by atomic mass is 10.0. The van der Waals surface area contributed by atoms with E-state index in [1.807, 2.05) is 12.3 Å². The Bertz CT molecular complexity index is 285. The molecule has 0 heterocycles. The van der Waals surface area contributed by atoms with Gasteiger partial charge in [0, 0.05) is 6.21 Å². The molecule has 0 aliphatic heterocycles. The first-order valence-electron chi connectivity index (χ1n) is 4.42. The number of hydrogen-bond donors (Lipinski definition) is 1. The summed E-state index contributed by atoms with van der Waals surface area (Å²) in [5, 5.41) is 8.57. The summed E-state index contributed by atoms with van der Waals surface area (Å²) in [5.41, 5.74) is 3.61. The fourth-order valence-corrected chi connectivity index (χ4v) is 1.24. The molecule has 0 aliphatic carbocycles. The van der Waals surface area contributed by atoms with Crippen LogP contribution in [0.3, 0.4) is 0 Å². The molecule has 0 saturated carbocycles. The zero-order chi connectivity index (χ0) is 9.68. The Labute approximate surface area is 78.9 Å². The number of aliphatic hydroxyl groups excluding tert-OH is 1. The minimum atomic E-state index is 0.113. The van der Waals surface area contributed by atoms with E-state index in [0.717, 1.165) is 5.56 Å². The number of hydrogen-bond acceptors (Lipinski definition) is 2. The van der Waals surface area contributed by atoms with Crippen LogP contribution in [0.4, 0.5) is 0 Å². The summed E-state index contributed by atoms with van der Waals surface area (Å²) < 4.78 is 0. The van der Waals surface area contributed by atoms with Gasteiger partial charge in [-0.3, -0.25) is 4.99 Å². The lowest BCUT2D eigenvalue weighted by Crippen LogP contribution is -1.94. The van der Waals surface area contributed by atoms with Crippen LogP contribution in [0.1, 0.15) is 16.7 Å². The molecule has 0 atom stereocenters. The molecule has 0 unspecified atom stereocenters. The summed E-state index contributed by atoms with van der Waals surface area (Å²) in [7, 11) is 0. The van der Waals surface area contributed by atoms with Gasteiger partial charge in [-0.1, -0.05) is 18.2 Å². The second-order valence-corrected chi connectivity index (χ2v) is 3.06. The molecule has 0 fully saturated rings. The van der Waals surface area contributed by atoms with Crippen molar-refractivity contribution in [2.24, 2.45) is 4.99 Å². The third-order valence-corrected chi connectivity index (χ3v) is 1.99. The standard InChI is InChI=1S/C11H15NO/c1-9-4-3-5-10(2)11(9)8-12-6-7-13/h3-5,8,13H,6-7H2,1-2H3. The van der Waals surface area contributed by atoms with E-state index in [9.17, 15) is 0 Å². The first-order chi connectivity index (χ1) is 6.25. The molecular weight excluding hydrogens is 162 g/mol. The molecule has 1 N–H and O–H groups in total. The van der Waals surface area contributed by atoms with Crippen molar-refractivity contribution < 1.29 is 5.11 Å². The van der Waals surface area contributed by atoms with Crippen molar-refractivity contribution in [2.75, 3.05) is 13.2 Å². The Morgan fingerprint density at radius 1 is 1.31 bits per heavy atom. The van der Waals surface area contributed by atoms with Crippen molar-refractivity contribution in [1.82, 2.24) is 0 Å². The first kappa shape index (κ1) is 9.93. The van der Waals surface area contributed by atoms with Gasteiger partial charge in [-0.25, -0.2) is 0 Å². The predicted molar refractivity (Wildman–Crippen MR) is 55.5 cm³/mol. The number of aliphatic imine (C=N–C) groups is 1. The zero-order valence-corrected chi connectivity index (χ0v) is 8.12. The topological polar surface area (TPSA) is 32.6 Å². The SMILES string of the molecule is Cc1cccc(C)c1C=NCCO. The minimum Gasteiger partial charge on any atom is -0.394 e. The molecule has 0 aliphatic rings. The van der Waals surface area contributed by atoms with Crippen molar-refractivity contribution in [1.29, 1.82) is 0 Å². The Hall–Kier alpha value is -1.15. The maximum Gasteiger partial charge on any atom is 0.0626 e. The lowest BCUT2D eigenvalue weighted by molar-refractivity contribution is 0.307. The van der Waals surface area contributed by atoms with Crippen molar-refractivity contribution in [3.05, 3.63) is 34.9 Å². The van der Waals surface area contributed by atoms with Crippen LogP contribution in [0.25, 0.3) is 0 Å². The Morgan fingerprint density at radius 2 is 1.92 bits per heavy atom. The summed E-state index contributed by atoms with van der Waals surface area (Å²) >= 11 is 0. The van der Waals surface area contributed by atoms with Crippen LogP contribution >= 0.6 is 0 Å². The number of aliphatic hydroxyl groups is 1. The maximum atomic E-state index is 8.57. The van der Waals surface area contributed by atoms with E-state index in [4.69, 9.17) is 5.11 Å². The van der Waals surface area contributed by atoms with Crippen molar-refractivity contribution in [3.63, 3.8) is 0 Å². The van der Waals surface area contributed by atoms with Gasteiger partial charge in [0.25, 0.3) is 0 Å². The molecule has 2 heteroatoms. The van der Waals surface area contributed by atoms with Gasteiger partial charge in [0.05, 0.1) is 13.2 Å². The minimum absolute atomic E-state index is 0.113. The Kier molecular flexibility index (Phi) is 3.65. The molecule has 0 radical (unpaired) electrons. The molecule has 0 amide bonds. The molecule has 70 valence electrons. The number of rotatable bonds is 3. The third-order valence-electron chi connectivity index (χ3n) is 1.99. The molecule has 1 aromatic carbocycles. The molecule has 2 nitrogen and oxygen atoms in total. The highest BCUT2D eigenvalue weighted by atomic mass is 16.3. The summed E-state index contributed by atoms with van der Waals surface area (Å²) in [6.07, 6.45) is 1.83. The van der Waals surface area contributed by atoms with E-state index in [0.29, 0.717) is 6.54 Å². The van der Waals surface area contributed by atoms with Crippen LogP contribution in [0.5, 0.6) is 0 Å². The quantitative estimate of drug-likeness (QED) is 0.700. The average molecular weight is 177 g/mol. The number of benzene rings is 1. The van der Waals surface area contributed by atoms with Gasteiger partial charge < -0.3 is 5.11 Å². The van der Waals surface area contributed by atoms with Crippen LogP contribution in [-0.2, 0) is 0 Å². The van der Waals surface area contributed by atoms with E-state index >= 15 is 0 Å². The van der Waals surface area contributed by atoms with E-state index in [1.54, 1.807) is 0 Å². The monoisotopic (exact) mass is 177 g/mol. The summed E-state index contributed by atoms with van der Waals surface area (Å²) in [6.45, 7) is 4.72. The average Bonchev–Trinajstić information content (AvgIpc) is 2.10. The smallest absolute Gasteiger partial charge is 0.0626 e. The van der Waals surface area contributed by atoms with Gasteiger partial charge in [0.1, 0.15) is 0 Å². The van der Waals surface area contributed by atoms with Gasteiger partial charge in [0.2, 0.25) is 0 Å². The van der Waals surface area contributed by atoms with Gasteiger partial charge in [-0.05, 0) is 30.5 Å². The fraction of sp³-hybridized carbons (Fsp3) is 0.364. The van der Waals surface area contributed by atoms with Gasteiger partial charge in [-0.15, -0.1) is 0 Å². The third kappa shape index (κ3) is 2.67. The Morgan fingerprint density at radius 3 is 2.46 bits per heavy atom. The second-order valence-electron chi connectivity index (χ2n) is 3.06. The number of aryl methyl sites for hydroxylation is 2. The molecule has 0 spiro atoms. The molecular formula is C11H15NO. The van der Waals surface area contributed by atoms with Crippen molar-refractivity contribution >= 4 is 6.21 Å².